The van der Waals surface area contributed by atoms with Gasteiger partial charge in [0.2, 0.25) is 17.7 Å². The highest BCUT2D eigenvalue weighted by molar-refractivity contribution is 5.90. The van der Waals surface area contributed by atoms with Crippen LogP contribution in [-0.2, 0) is 19.1 Å². The lowest BCUT2D eigenvalue weighted by Crippen LogP contribution is -2.53. The van der Waals surface area contributed by atoms with Crippen LogP contribution in [0.5, 0.6) is 0 Å². The maximum Gasteiger partial charge on any atom is 0.245 e. The molecule has 4 rings (SSSR count). The Labute approximate surface area is 179 Å². The second kappa shape index (κ2) is 9.22. The second-order valence-electron chi connectivity index (χ2n) is 9.53. The van der Waals surface area contributed by atoms with Crippen LogP contribution in [0, 0.1) is 11.8 Å². The maximum absolute atomic E-state index is 13.4. The smallest absolute Gasteiger partial charge is 0.245 e. The summed E-state index contributed by atoms with van der Waals surface area (Å²) in [6.07, 6.45) is 4.41. The van der Waals surface area contributed by atoms with E-state index in [0.717, 1.165) is 45.4 Å². The Balaban J connectivity index is 1.53. The number of piperazine rings is 1. The van der Waals surface area contributed by atoms with Crippen molar-refractivity contribution in [3.8, 4) is 0 Å². The van der Waals surface area contributed by atoms with Crippen LogP contribution in [0.3, 0.4) is 0 Å². The Hall–Kier alpha value is -1.67. The summed E-state index contributed by atoms with van der Waals surface area (Å²) in [6, 6.07) is -0.572. The predicted molar refractivity (Wildman–Crippen MR) is 112 cm³/mol. The molecule has 168 valence electrons. The molecule has 1 aliphatic carbocycles. The highest BCUT2D eigenvalue weighted by Crippen LogP contribution is 2.35. The van der Waals surface area contributed by atoms with Crippen molar-refractivity contribution >= 4 is 17.7 Å². The number of hydrogen-bond donors (Lipinski definition) is 1. The third-order valence-electron chi connectivity index (χ3n) is 6.84. The van der Waals surface area contributed by atoms with E-state index < -0.39 is 6.04 Å². The van der Waals surface area contributed by atoms with E-state index in [4.69, 9.17) is 4.74 Å². The van der Waals surface area contributed by atoms with Crippen LogP contribution in [0.25, 0.3) is 0 Å². The molecule has 3 unspecified atom stereocenters. The van der Waals surface area contributed by atoms with Crippen LogP contribution < -0.4 is 5.32 Å². The molecular formula is C22H36N4O4. The summed E-state index contributed by atoms with van der Waals surface area (Å²) in [6.45, 7) is 8.52. The van der Waals surface area contributed by atoms with Crippen LogP contribution in [-0.4, -0.2) is 96.5 Å². The van der Waals surface area contributed by atoms with Gasteiger partial charge in [-0.1, -0.05) is 13.8 Å². The van der Waals surface area contributed by atoms with Gasteiger partial charge in [0.15, 0.2) is 0 Å². The zero-order chi connectivity index (χ0) is 21.3. The zero-order valence-corrected chi connectivity index (χ0v) is 18.3. The van der Waals surface area contributed by atoms with Crippen molar-refractivity contribution in [3.05, 3.63) is 0 Å². The molecule has 1 saturated carbocycles. The van der Waals surface area contributed by atoms with Gasteiger partial charge in [-0.05, 0) is 32.1 Å². The highest BCUT2D eigenvalue weighted by Gasteiger charge is 2.48. The zero-order valence-electron chi connectivity index (χ0n) is 18.3. The van der Waals surface area contributed by atoms with Gasteiger partial charge in [0.05, 0.1) is 12.1 Å². The molecule has 0 bridgehead atoms. The Bertz CT molecular complexity index is 654. The van der Waals surface area contributed by atoms with Gasteiger partial charge in [0, 0.05) is 57.7 Å². The summed E-state index contributed by atoms with van der Waals surface area (Å²) < 4.78 is 5.81. The number of ether oxygens (including phenoxy) is 1. The molecule has 0 aromatic carbocycles. The average Bonchev–Trinajstić information content (AvgIpc) is 3.30. The van der Waals surface area contributed by atoms with Crippen molar-refractivity contribution in [2.24, 2.45) is 11.8 Å². The molecule has 30 heavy (non-hydrogen) atoms. The first-order chi connectivity index (χ1) is 14.5. The molecule has 4 aliphatic rings. The van der Waals surface area contributed by atoms with Crippen molar-refractivity contribution < 1.29 is 19.1 Å². The molecule has 8 nitrogen and oxygen atoms in total. The van der Waals surface area contributed by atoms with Crippen molar-refractivity contribution in [1.82, 2.24) is 20.0 Å². The number of nitrogens with zero attached hydrogens (tertiary/aromatic N) is 3. The van der Waals surface area contributed by atoms with Crippen molar-refractivity contribution in [2.45, 2.75) is 64.1 Å². The topological polar surface area (TPSA) is 82.2 Å². The molecule has 3 aliphatic heterocycles. The summed E-state index contributed by atoms with van der Waals surface area (Å²) in [5.41, 5.74) is 0. The number of hydrogen-bond acceptors (Lipinski definition) is 5. The molecule has 0 aromatic rings. The Morgan fingerprint density at radius 3 is 2.43 bits per heavy atom. The number of carbonyl (C=O) groups excluding carboxylic acids is 3. The van der Waals surface area contributed by atoms with Gasteiger partial charge in [0.25, 0.3) is 0 Å². The number of nitrogens with one attached hydrogen (secondary N) is 1. The number of rotatable bonds is 6. The molecule has 8 heteroatoms. The summed E-state index contributed by atoms with van der Waals surface area (Å²) in [7, 11) is 0. The standard InChI is InChI=1S/C22H36N4O4/c1-15(2)20(27)25(14-18-4-3-11-30-18)17-12-19(22(29)24-9-7-23-8-10-24)26(13-17)21(28)16-5-6-16/h15-19,23H,3-14H2,1-2H3. The third kappa shape index (κ3) is 4.64. The summed E-state index contributed by atoms with van der Waals surface area (Å²) in [5.74, 6) is 0.170. The first kappa shape index (κ1) is 21.6. The average molecular weight is 421 g/mol. The van der Waals surface area contributed by atoms with Gasteiger partial charge in [-0.25, -0.2) is 0 Å². The molecule has 1 N–H and O–H groups in total. The van der Waals surface area contributed by atoms with Crippen LogP contribution >= 0.6 is 0 Å². The van der Waals surface area contributed by atoms with Crippen LogP contribution in [0.15, 0.2) is 0 Å². The summed E-state index contributed by atoms with van der Waals surface area (Å²) in [4.78, 5) is 45.1. The first-order valence-electron chi connectivity index (χ1n) is 11.7. The molecule has 4 fully saturated rings. The van der Waals surface area contributed by atoms with E-state index in [0.29, 0.717) is 32.6 Å². The lowest BCUT2D eigenvalue weighted by Gasteiger charge is -2.32. The lowest BCUT2D eigenvalue weighted by atomic mass is 10.1. The fraction of sp³-hybridized carbons (Fsp3) is 0.864. The quantitative estimate of drug-likeness (QED) is 0.675. The summed E-state index contributed by atoms with van der Waals surface area (Å²) >= 11 is 0. The van der Waals surface area contributed by atoms with Crippen LogP contribution in [0.2, 0.25) is 0 Å². The molecular weight excluding hydrogens is 384 g/mol. The van der Waals surface area contributed by atoms with Gasteiger partial charge in [0.1, 0.15) is 6.04 Å². The first-order valence-corrected chi connectivity index (χ1v) is 11.7. The van der Waals surface area contributed by atoms with E-state index in [2.05, 4.69) is 5.32 Å². The largest absolute Gasteiger partial charge is 0.376 e. The normalized spacial score (nSPS) is 29.5. The van der Waals surface area contributed by atoms with E-state index in [1.54, 1.807) is 4.90 Å². The van der Waals surface area contributed by atoms with E-state index in [9.17, 15) is 14.4 Å². The minimum atomic E-state index is -0.451. The lowest BCUT2D eigenvalue weighted by molar-refractivity contribution is -0.144. The molecule has 0 radical (unpaired) electrons. The molecule has 3 amide bonds. The van der Waals surface area contributed by atoms with E-state index in [1.807, 2.05) is 23.6 Å². The van der Waals surface area contributed by atoms with Gasteiger partial charge in [-0.2, -0.15) is 0 Å². The van der Waals surface area contributed by atoms with Crippen LogP contribution in [0.1, 0.15) is 46.0 Å². The summed E-state index contributed by atoms with van der Waals surface area (Å²) in [5, 5.41) is 3.28. The van der Waals surface area contributed by atoms with Crippen LogP contribution in [0.4, 0.5) is 0 Å². The van der Waals surface area contributed by atoms with Gasteiger partial charge in [-0.15, -0.1) is 0 Å². The fourth-order valence-electron chi connectivity index (χ4n) is 4.94. The van der Waals surface area contributed by atoms with E-state index in [1.165, 1.54) is 0 Å². The fourth-order valence-corrected chi connectivity index (χ4v) is 4.94. The van der Waals surface area contributed by atoms with Crippen molar-refractivity contribution in [1.29, 1.82) is 0 Å². The third-order valence-corrected chi connectivity index (χ3v) is 6.84. The molecule has 3 heterocycles. The van der Waals surface area contributed by atoms with Gasteiger partial charge >= 0.3 is 0 Å². The molecule has 3 saturated heterocycles. The SMILES string of the molecule is CC(C)C(=O)N(CC1CCCO1)C1CC(C(=O)N2CCNCC2)N(C(=O)C2CC2)C1. The Morgan fingerprint density at radius 1 is 1.10 bits per heavy atom. The van der Waals surface area contributed by atoms with Gasteiger partial charge < -0.3 is 24.8 Å². The Morgan fingerprint density at radius 2 is 1.83 bits per heavy atom. The van der Waals surface area contributed by atoms with Crippen molar-refractivity contribution in [3.63, 3.8) is 0 Å². The van der Waals surface area contributed by atoms with Gasteiger partial charge in [-0.3, -0.25) is 14.4 Å². The number of carbonyl (C=O) groups is 3. The maximum atomic E-state index is 13.4. The van der Waals surface area contributed by atoms with E-state index >= 15 is 0 Å². The van der Waals surface area contributed by atoms with Crippen molar-refractivity contribution in [2.75, 3.05) is 45.9 Å². The predicted octanol–water partition coefficient (Wildman–Crippen LogP) is 0.461. The molecule has 3 atom stereocenters. The van der Waals surface area contributed by atoms with E-state index in [-0.39, 0.29) is 41.7 Å². The molecule has 0 spiro atoms. The minimum Gasteiger partial charge on any atom is -0.376 e. The Kier molecular flexibility index (Phi) is 6.63. The molecule has 0 aromatic heterocycles. The number of amides is 3. The number of likely N-dealkylation sites (tertiary alicyclic amines) is 1. The minimum absolute atomic E-state index is 0.0436. The second-order valence-corrected chi connectivity index (χ2v) is 9.53. The highest BCUT2D eigenvalue weighted by atomic mass is 16.5. The monoisotopic (exact) mass is 420 g/mol.